The Morgan fingerprint density at radius 2 is 2.28 bits per heavy atom. The van der Waals surface area contributed by atoms with E-state index in [4.69, 9.17) is 18.6 Å². The second-order valence-electron chi connectivity index (χ2n) is 4.69. The van der Waals surface area contributed by atoms with Gasteiger partial charge in [-0.3, -0.25) is 0 Å². The molecule has 1 atom stereocenters. The molecule has 0 aliphatic carbocycles. The first-order valence-corrected chi connectivity index (χ1v) is 8.29. The number of carbonyl (C=O) groups is 1. The number of rotatable bonds is 9. The molecular weight excluding hydrogens is 344 g/mol. The number of anilines is 1. The second kappa shape index (κ2) is 8.00. The zero-order valence-electron chi connectivity index (χ0n) is 22.7. The standard InChI is InChI=1S/C17H20N2O5S/c1-2-3-9-19-14-10-12(17(20)21)11-15(25(18,22)23)16(14)24-13-7-5-4-6-8-13/h4-8,10-11,19H,2-3,9H2,1H3,(H,20,21)(H2,18,22,23)/i1D3,2D2,9D/hD4. The van der Waals surface area contributed by atoms with Crippen LogP contribution in [0.4, 0.5) is 5.69 Å². The Hall–Kier alpha value is -2.58. The summed E-state index contributed by atoms with van der Waals surface area (Å²) in [5.74, 6) is -2.07. The molecule has 1 unspecified atom stereocenters. The number of para-hydroxylation sites is 1. The van der Waals surface area contributed by atoms with Crippen LogP contribution in [-0.2, 0) is 10.0 Å². The lowest BCUT2D eigenvalue weighted by atomic mass is 10.1. The normalized spacial score (nSPS) is 19.2. The molecule has 0 aromatic heterocycles. The largest absolute Gasteiger partial charge is 0.478 e. The maximum atomic E-state index is 12.7. The highest BCUT2D eigenvalue weighted by molar-refractivity contribution is 7.89. The number of carboxylic acids is 1. The zero-order valence-corrected chi connectivity index (χ0v) is 13.5. The van der Waals surface area contributed by atoms with Crippen LogP contribution in [0.3, 0.4) is 0 Å². The van der Waals surface area contributed by atoms with E-state index >= 15 is 0 Å². The first-order chi connectivity index (χ1) is 16.0. The van der Waals surface area contributed by atoms with Crippen molar-refractivity contribution in [2.75, 3.05) is 11.8 Å². The van der Waals surface area contributed by atoms with Gasteiger partial charge in [-0.25, -0.2) is 18.3 Å². The lowest BCUT2D eigenvalue weighted by molar-refractivity contribution is 0.0696. The van der Waals surface area contributed by atoms with Crippen LogP contribution in [0.2, 0.25) is 4.24 Å². The molecule has 7 nitrogen and oxygen atoms in total. The SMILES string of the molecule is [2H]OC(=O)c1cc(N([2H])C([2H])CC([2H])([2H])C([2H])([2H])[2H])c(Oc2ccccc2)c(S(=O)(=O)N([2H])[2H])c1. The fraction of sp³-hybridized carbons (Fsp3) is 0.235. The summed E-state index contributed by atoms with van der Waals surface area (Å²) in [6, 6.07) is 8.92. The Kier molecular flexibility index (Phi) is 2.95. The van der Waals surface area contributed by atoms with E-state index in [9.17, 15) is 13.2 Å². The van der Waals surface area contributed by atoms with Crippen molar-refractivity contribution in [1.29, 1.82) is 1.43 Å². The minimum absolute atomic E-state index is 0.0234. The number of nitrogens with one attached hydrogen (secondary N) is 1. The van der Waals surface area contributed by atoms with Gasteiger partial charge in [-0.1, -0.05) is 31.4 Å². The Morgan fingerprint density at radius 3 is 2.96 bits per heavy atom. The van der Waals surface area contributed by atoms with E-state index in [1.807, 2.05) is 0 Å². The highest BCUT2D eigenvalue weighted by atomic mass is 32.2. The highest BCUT2D eigenvalue weighted by Crippen LogP contribution is 2.37. The monoisotopic (exact) mass is 374 g/mol. The zero-order chi connectivity index (χ0) is 26.8. The van der Waals surface area contributed by atoms with Gasteiger partial charge in [-0.2, -0.15) is 0 Å². The number of sulfonamides is 1. The molecule has 134 valence electrons. The van der Waals surface area contributed by atoms with E-state index in [0.29, 0.717) is 6.07 Å². The van der Waals surface area contributed by atoms with Crippen LogP contribution in [0.1, 0.15) is 38.2 Å². The molecule has 0 heterocycles. The van der Waals surface area contributed by atoms with Gasteiger partial charge in [0.2, 0.25) is 10.0 Å². The molecule has 0 saturated carbocycles. The third kappa shape index (κ3) is 4.94. The molecule has 0 amide bonds. The first-order valence-electron chi connectivity index (χ1n) is 11.7. The van der Waals surface area contributed by atoms with Crippen LogP contribution in [0, 0.1) is 0 Å². The van der Waals surface area contributed by atoms with Gasteiger partial charge in [-0.05, 0) is 30.7 Å². The molecule has 2 rings (SSSR count). The van der Waals surface area contributed by atoms with Crippen molar-refractivity contribution >= 4 is 21.7 Å². The molecule has 8 heteroatoms. The Balaban J connectivity index is 2.78. The molecule has 0 bridgehead atoms. The number of nitrogens with two attached hydrogens (primary N) is 1. The molecule has 2 aromatic rings. The van der Waals surface area contributed by atoms with Crippen LogP contribution in [0.25, 0.3) is 1.43 Å². The van der Waals surface area contributed by atoms with Gasteiger partial charge in [-0.15, -0.1) is 0 Å². The fourth-order valence-corrected chi connectivity index (χ4v) is 2.55. The van der Waals surface area contributed by atoms with E-state index in [1.54, 1.807) is 6.07 Å². The van der Waals surface area contributed by atoms with E-state index < -0.39 is 69.2 Å². The summed E-state index contributed by atoms with van der Waals surface area (Å²) in [6.07, 6.45) is -3.94. The Labute approximate surface area is 160 Å². The molecule has 2 aromatic carbocycles. The Bertz CT molecular complexity index is 1160. The molecule has 0 fully saturated rings. The number of benzene rings is 2. The molecular formula is C17H20N2O5S. The summed E-state index contributed by atoms with van der Waals surface area (Å²) in [6.45, 7) is -5.09. The van der Waals surface area contributed by atoms with Gasteiger partial charge in [0.25, 0.3) is 1.43 Å². The van der Waals surface area contributed by atoms with Crippen LogP contribution >= 0.6 is 0 Å². The number of hydrogen-bond donors (Lipinski definition) is 3. The van der Waals surface area contributed by atoms with E-state index in [0.717, 1.165) is 6.07 Å². The van der Waals surface area contributed by atoms with Crippen molar-refractivity contribution in [3.05, 3.63) is 48.0 Å². The summed E-state index contributed by atoms with van der Waals surface area (Å²) >= 11 is 0. The minimum Gasteiger partial charge on any atom is -0.478 e. The van der Waals surface area contributed by atoms with Gasteiger partial charge in [0.1, 0.15) is 13.5 Å². The van der Waals surface area contributed by atoms with Crippen molar-refractivity contribution in [2.24, 2.45) is 5.13 Å². The fourth-order valence-electron chi connectivity index (χ4n) is 1.89. The average Bonchev–Trinajstić information content (AvgIpc) is 2.77. The van der Waals surface area contributed by atoms with Crippen molar-refractivity contribution in [1.82, 2.24) is 0 Å². The van der Waals surface area contributed by atoms with Crippen molar-refractivity contribution in [3.8, 4) is 11.5 Å². The topological polar surface area (TPSA) is 119 Å². The van der Waals surface area contributed by atoms with Crippen LogP contribution in [-0.4, -0.2) is 26.0 Å². The van der Waals surface area contributed by atoms with Crippen molar-refractivity contribution in [2.45, 2.75) is 24.5 Å². The van der Waals surface area contributed by atoms with Crippen LogP contribution in [0.5, 0.6) is 11.5 Å². The van der Waals surface area contributed by atoms with Crippen LogP contribution < -0.4 is 15.2 Å². The highest BCUT2D eigenvalue weighted by Gasteiger charge is 2.23. The van der Waals surface area contributed by atoms with E-state index in [-0.39, 0.29) is 11.1 Å². The van der Waals surface area contributed by atoms with Gasteiger partial charge < -0.3 is 15.2 Å². The number of hydrogen-bond acceptors (Lipinski definition) is 6. The molecule has 25 heavy (non-hydrogen) atoms. The molecule has 4 N–H and O–H groups in total. The average molecular weight is 374 g/mol. The predicted molar refractivity (Wildman–Crippen MR) is 94.7 cm³/mol. The quantitative estimate of drug-likeness (QED) is 0.621. The van der Waals surface area contributed by atoms with E-state index in [1.165, 1.54) is 24.3 Å². The minimum atomic E-state index is -4.99. The number of primary sulfonamides is 1. The third-order valence-electron chi connectivity index (χ3n) is 2.94. The lowest BCUT2D eigenvalue weighted by Gasteiger charge is -2.17. The van der Waals surface area contributed by atoms with Crippen LogP contribution in [0.15, 0.2) is 47.4 Å². The summed E-state index contributed by atoms with van der Waals surface area (Å²) in [4.78, 5) is 11.1. The van der Waals surface area contributed by atoms with Gasteiger partial charge in [0, 0.05) is 14.7 Å². The second-order valence-corrected chi connectivity index (χ2v) is 6.08. The predicted octanol–water partition coefficient (Wildman–Crippen LogP) is 3.04. The smallest absolute Gasteiger partial charge is 0.335 e. The van der Waals surface area contributed by atoms with Crippen molar-refractivity contribution in [3.63, 3.8) is 0 Å². The maximum Gasteiger partial charge on any atom is 0.335 e. The molecule has 0 spiro atoms. The molecule has 0 saturated heterocycles. The lowest BCUT2D eigenvalue weighted by Crippen LogP contribution is -2.16. The Morgan fingerprint density at radius 1 is 1.48 bits per heavy atom. The van der Waals surface area contributed by atoms with Crippen molar-refractivity contribution < 1.29 is 35.5 Å². The first kappa shape index (κ1) is 9.21. The summed E-state index contributed by atoms with van der Waals surface area (Å²) < 4.78 is 106. The number of carboxylic acid groups (broad SMARTS) is 1. The molecule has 0 aliphatic heterocycles. The number of aromatic carboxylic acids is 1. The van der Waals surface area contributed by atoms with Gasteiger partial charge >= 0.3 is 5.97 Å². The summed E-state index contributed by atoms with van der Waals surface area (Å²) in [7, 11) is -4.99. The summed E-state index contributed by atoms with van der Waals surface area (Å²) in [5, 5.41) is 3.39. The maximum absolute atomic E-state index is 12.7. The summed E-state index contributed by atoms with van der Waals surface area (Å²) in [5.41, 5.74) is -1.25. The number of ether oxygens (including phenoxy) is 1. The van der Waals surface area contributed by atoms with Gasteiger partial charge in [0.05, 0.1) is 11.3 Å². The molecule has 0 aliphatic rings. The van der Waals surface area contributed by atoms with E-state index in [2.05, 4.69) is 5.11 Å². The third-order valence-corrected chi connectivity index (χ3v) is 3.79. The van der Waals surface area contributed by atoms with Gasteiger partial charge in [0.15, 0.2) is 7.16 Å². The molecule has 0 radical (unpaired) electrons.